The lowest BCUT2D eigenvalue weighted by Crippen LogP contribution is -2.50. The number of carbonyl (C=O) groups is 3. The first-order chi connectivity index (χ1) is 11.1. The lowest BCUT2D eigenvalue weighted by molar-refractivity contribution is -0.143. The van der Waals surface area contributed by atoms with Crippen molar-refractivity contribution in [3.05, 3.63) is 24.2 Å². The van der Waals surface area contributed by atoms with Gasteiger partial charge in [0.15, 0.2) is 5.76 Å². The van der Waals surface area contributed by atoms with Crippen LogP contribution in [0, 0.1) is 0 Å². The third-order valence-electron chi connectivity index (χ3n) is 3.04. The van der Waals surface area contributed by atoms with Crippen molar-refractivity contribution in [1.82, 2.24) is 10.6 Å². The molecule has 0 saturated carbocycles. The second kappa shape index (κ2) is 8.49. The Morgan fingerprint density at radius 1 is 1.29 bits per heavy atom. The molecular formula is C16H24N2O6. The van der Waals surface area contributed by atoms with Crippen LogP contribution in [0.4, 0.5) is 0 Å². The van der Waals surface area contributed by atoms with Gasteiger partial charge in [-0.2, -0.15) is 0 Å². The molecule has 0 saturated heterocycles. The molecule has 8 heteroatoms. The molecule has 0 aliphatic heterocycles. The molecule has 0 fully saturated rings. The summed E-state index contributed by atoms with van der Waals surface area (Å²) >= 11 is 0. The van der Waals surface area contributed by atoms with Gasteiger partial charge in [0, 0.05) is 13.0 Å². The zero-order valence-electron chi connectivity index (χ0n) is 14.3. The summed E-state index contributed by atoms with van der Waals surface area (Å²) in [4.78, 5) is 35.1. The van der Waals surface area contributed by atoms with Crippen molar-refractivity contribution in [2.75, 3.05) is 6.61 Å². The van der Waals surface area contributed by atoms with Gasteiger partial charge in [-0.25, -0.2) is 4.79 Å². The second-order valence-electron chi connectivity index (χ2n) is 6.32. The smallest absolute Gasteiger partial charge is 0.326 e. The first-order valence-corrected chi connectivity index (χ1v) is 7.61. The van der Waals surface area contributed by atoms with Gasteiger partial charge in [-0.05, 0) is 39.8 Å². The summed E-state index contributed by atoms with van der Waals surface area (Å²) in [6.07, 6.45) is 1.46. The molecule has 8 nitrogen and oxygen atoms in total. The van der Waals surface area contributed by atoms with E-state index in [0.29, 0.717) is 0 Å². The number of furan rings is 1. The molecule has 0 spiro atoms. The third kappa shape index (κ3) is 6.82. The molecule has 2 amide bonds. The average Bonchev–Trinajstić information content (AvgIpc) is 2.98. The zero-order chi connectivity index (χ0) is 18.3. The highest BCUT2D eigenvalue weighted by molar-refractivity contribution is 5.96. The minimum absolute atomic E-state index is 0.0722. The fourth-order valence-corrected chi connectivity index (χ4v) is 1.78. The molecule has 1 heterocycles. The molecular weight excluding hydrogens is 316 g/mol. The predicted molar refractivity (Wildman–Crippen MR) is 85.5 cm³/mol. The average molecular weight is 340 g/mol. The van der Waals surface area contributed by atoms with Crippen molar-refractivity contribution >= 4 is 17.8 Å². The van der Waals surface area contributed by atoms with Crippen molar-refractivity contribution in [2.24, 2.45) is 0 Å². The summed E-state index contributed by atoms with van der Waals surface area (Å²) in [5.74, 6) is -2.24. The van der Waals surface area contributed by atoms with E-state index in [1.807, 2.05) is 20.8 Å². The summed E-state index contributed by atoms with van der Waals surface area (Å²) < 4.78 is 10.4. The first-order valence-electron chi connectivity index (χ1n) is 7.61. The van der Waals surface area contributed by atoms with E-state index >= 15 is 0 Å². The maximum atomic E-state index is 12.1. The summed E-state index contributed by atoms with van der Waals surface area (Å²) in [7, 11) is 0. The van der Waals surface area contributed by atoms with Gasteiger partial charge >= 0.3 is 5.97 Å². The largest absolute Gasteiger partial charge is 0.480 e. The molecule has 0 radical (unpaired) electrons. The van der Waals surface area contributed by atoms with E-state index in [1.165, 1.54) is 19.3 Å². The Hall–Kier alpha value is -2.35. The number of hydrogen-bond acceptors (Lipinski definition) is 5. The molecule has 2 unspecified atom stereocenters. The van der Waals surface area contributed by atoms with Crippen LogP contribution in [0.2, 0.25) is 0 Å². The van der Waals surface area contributed by atoms with Crippen LogP contribution in [-0.4, -0.2) is 47.2 Å². The number of hydrogen-bond donors (Lipinski definition) is 3. The van der Waals surface area contributed by atoms with Crippen LogP contribution < -0.4 is 10.6 Å². The van der Waals surface area contributed by atoms with Gasteiger partial charge in [-0.15, -0.1) is 0 Å². The molecule has 0 bridgehead atoms. The summed E-state index contributed by atoms with van der Waals surface area (Å²) in [6.45, 7) is 7.21. The quantitative estimate of drug-likeness (QED) is 0.654. The molecule has 0 aliphatic carbocycles. The van der Waals surface area contributed by atoms with E-state index in [9.17, 15) is 19.5 Å². The number of rotatable bonds is 8. The summed E-state index contributed by atoms with van der Waals surface area (Å²) in [5, 5.41) is 14.0. The highest BCUT2D eigenvalue weighted by Gasteiger charge is 2.25. The SMILES string of the molecule is CC(NC(=O)c1ccco1)C(=O)NC(CCOC(C)(C)C)C(=O)O. The normalized spacial score (nSPS) is 13.8. The molecule has 24 heavy (non-hydrogen) atoms. The maximum Gasteiger partial charge on any atom is 0.326 e. The van der Waals surface area contributed by atoms with Crippen LogP contribution in [0.1, 0.15) is 44.7 Å². The summed E-state index contributed by atoms with van der Waals surface area (Å²) in [5.41, 5.74) is -0.391. The van der Waals surface area contributed by atoms with Gasteiger partial charge in [-0.3, -0.25) is 9.59 Å². The number of amides is 2. The first kappa shape index (κ1) is 19.7. The number of carboxylic acids is 1. The fraction of sp³-hybridized carbons (Fsp3) is 0.562. The minimum atomic E-state index is -1.16. The van der Waals surface area contributed by atoms with Gasteiger partial charge in [-0.1, -0.05) is 0 Å². The van der Waals surface area contributed by atoms with Crippen molar-refractivity contribution in [1.29, 1.82) is 0 Å². The van der Waals surface area contributed by atoms with Crippen molar-refractivity contribution < 1.29 is 28.6 Å². The fourth-order valence-electron chi connectivity index (χ4n) is 1.78. The molecule has 1 aromatic rings. The minimum Gasteiger partial charge on any atom is -0.480 e. The number of nitrogens with one attached hydrogen (secondary N) is 2. The Bertz CT molecular complexity index is 562. The Kier molecular flexibility index (Phi) is 6.97. The Labute approximate surface area is 140 Å². The zero-order valence-corrected chi connectivity index (χ0v) is 14.3. The molecule has 1 aromatic heterocycles. The standard InChI is InChI=1S/C16H24N2O6/c1-10(17-14(20)12-6-5-8-23-12)13(19)18-11(15(21)22)7-9-24-16(2,3)4/h5-6,8,10-11H,7,9H2,1-4H3,(H,17,20)(H,18,19)(H,21,22). The number of aliphatic carboxylic acids is 1. The van der Waals surface area contributed by atoms with Crippen molar-refractivity contribution in [3.8, 4) is 0 Å². The van der Waals surface area contributed by atoms with Gasteiger partial charge < -0.3 is 24.9 Å². The van der Waals surface area contributed by atoms with Crippen LogP contribution in [0.3, 0.4) is 0 Å². The maximum absolute atomic E-state index is 12.1. The van der Waals surface area contributed by atoms with Gasteiger partial charge in [0.25, 0.3) is 5.91 Å². The number of carboxylic acid groups (broad SMARTS) is 1. The predicted octanol–water partition coefficient (Wildman–Crippen LogP) is 1.17. The van der Waals surface area contributed by atoms with Crippen LogP contribution in [0.5, 0.6) is 0 Å². The monoisotopic (exact) mass is 340 g/mol. The van der Waals surface area contributed by atoms with Crippen LogP contribution in [0.15, 0.2) is 22.8 Å². The summed E-state index contributed by atoms with van der Waals surface area (Å²) in [6, 6.07) is 1.01. The third-order valence-corrected chi connectivity index (χ3v) is 3.04. The van der Waals surface area contributed by atoms with E-state index < -0.39 is 35.5 Å². The van der Waals surface area contributed by atoms with E-state index in [-0.39, 0.29) is 18.8 Å². The Balaban J connectivity index is 2.51. The van der Waals surface area contributed by atoms with Crippen molar-refractivity contribution in [3.63, 3.8) is 0 Å². The van der Waals surface area contributed by atoms with Gasteiger partial charge in [0.1, 0.15) is 12.1 Å². The lowest BCUT2D eigenvalue weighted by atomic mass is 10.1. The van der Waals surface area contributed by atoms with Crippen LogP contribution in [0.25, 0.3) is 0 Å². The van der Waals surface area contributed by atoms with E-state index in [2.05, 4.69) is 10.6 Å². The van der Waals surface area contributed by atoms with Crippen LogP contribution in [-0.2, 0) is 14.3 Å². The lowest BCUT2D eigenvalue weighted by Gasteiger charge is -2.22. The highest BCUT2D eigenvalue weighted by Crippen LogP contribution is 2.08. The van der Waals surface area contributed by atoms with E-state index in [1.54, 1.807) is 6.07 Å². The molecule has 3 N–H and O–H groups in total. The molecule has 2 atom stereocenters. The molecule has 0 aromatic carbocycles. The molecule has 1 rings (SSSR count). The number of ether oxygens (including phenoxy) is 1. The molecule has 0 aliphatic rings. The Morgan fingerprint density at radius 3 is 2.46 bits per heavy atom. The highest BCUT2D eigenvalue weighted by atomic mass is 16.5. The number of carbonyl (C=O) groups excluding carboxylic acids is 2. The van der Waals surface area contributed by atoms with Crippen LogP contribution >= 0.6 is 0 Å². The Morgan fingerprint density at radius 2 is 1.96 bits per heavy atom. The van der Waals surface area contributed by atoms with E-state index in [0.717, 1.165) is 0 Å². The second-order valence-corrected chi connectivity index (χ2v) is 6.32. The molecule has 134 valence electrons. The van der Waals surface area contributed by atoms with Gasteiger partial charge in [0.05, 0.1) is 11.9 Å². The van der Waals surface area contributed by atoms with Gasteiger partial charge in [0.2, 0.25) is 5.91 Å². The van der Waals surface area contributed by atoms with Crippen molar-refractivity contribution in [2.45, 2.75) is 51.8 Å². The topological polar surface area (TPSA) is 118 Å². The van der Waals surface area contributed by atoms with E-state index in [4.69, 9.17) is 9.15 Å².